The zero-order valence-corrected chi connectivity index (χ0v) is 17.7. The number of H-pyrrole nitrogens is 1. The molecule has 0 amide bonds. The molecule has 0 spiro atoms. The van der Waals surface area contributed by atoms with E-state index in [0.717, 1.165) is 34.1 Å². The largest absolute Gasteiger partial charge is 0.361 e. The average Bonchev–Trinajstić information content (AvgIpc) is 3.44. The molecule has 0 aliphatic carbocycles. The van der Waals surface area contributed by atoms with E-state index in [2.05, 4.69) is 38.5 Å². The third-order valence-corrected chi connectivity index (χ3v) is 6.10. The number of fused-ring (bicyclic) bond motifs is 1. The molecule has 9 heteroatoms. The number of nitro benzene ring substituents is 1. The number of thioether (sulfide) groups is 1. The summed E-state index contributed by atoms with van der Waals surface area (Å²) in [5.41, 5.74) is 4.06. The van der Waals surface area contributed by atoms with E-state index in [1.807, 2.05) is 28.8 Å². The van der Waals surface area contributed by atoms with Gasteiger partial charge >= 0.3 is 0 Å². The number of hydrogen-bond donors (Lipinski definition) is 1. The van der Waals surface area contributed by atoms with Gasteiger partial charge < -0.3 is 4.98 Å². The molecule has 0 fully saturated rings. The van der Waals surface area contributed by atoms with Crippen molar-refractivity contribution in [1.29, 1.82) is 0 Å². The lowest BCUT2D eigenvalue weighted by molar-refractivity contribution is -0.384. The molecule has 1 N–H and O–H groups in total. The summed E-state index contributed by atoms with van der Waals surface area (Å²) in [5.74, 6) is 1.47. The van der Waals surface area contributed by atoms with Crippen LogP contribution in [0.4, 0.5) is 5.69 Å². The number of nitro groups is 1. The van der Waals surface area contributed by atoms with E-state index in [1.54, 1.807) is 36.3 Å². The first-order chi connectivity index (χ1) is 15.7. The summed E-state index contributed by atoms with van der Waals surface area (Å²) < 4.78 is 1.93. The third kappa shape index (κ3) is 3.85. The summed E-state index contributed by atoms with van der Waals surface area (Å²) >= 11 is 1.60. The van der Waals surface area contributed by atoms with Crippen LogP contribution in [0.3, 0.4) is 0 Å². The lowest BCUT2D eigenvalue weighted by Crippen LogP contribution is -2.01. The Morgan fingerprint density at radius 1 is 1.00 bits per heavy atom. The average molecular weight is 443 g/mol. The van der Waals surface area contributed by atoms with Gasteiger partial charge in [-0.25, -0.2) is 0 Å². The van der Waals surface area contributed by atoms with Crippen molar-refractivity contribution < 1.29 is 4.92 Å². The molecule has 0 bridgehead atoms. The number of rotatable bonds is 7. The van der Waals surface area contributed by atoms with Crippen LogP contribution in [-0.2, 0) is 6.42 Å². The number of aromatic nitrogens is 5. The van der Waals surface area contributed by atoms with Crippen LogP contribution in [0, 0.1) is 10.1 Å². The molecule has 5 aromatic rings. The van der Waals surface area contributed by atoms with Gasteiger partial charge in [0.1, 0.15) is 0 Å². The van der Waals surface area contributed by atoms with Crippen LogP contribution in [0.2, 0.25) is 0 Å². The molecule has 32 heavy (non-hydrogen) atoms. The lowest BCUT2D eigenvalue weighted by Gasteiger charge is -2.10. The zero-order valence-electron chi connectivity index (χ0n) is 16.9. The fraction of sp³-hybridized carbons (Fsp3) is 0.0870. The molecule has 2 aromatic carbocycles. The van der Waals surface area contributed by atoms with Crippen molar-refractivity contribution >= 4 is 28.4 Å². The molecular weight excluding hydrogens is 424 g/mol. The Kier molecular flexibility index (Phi) is 5.39. The number of aromatic amines is 1. The van der Waals surface area contributed by atoms with Crippen molar-refractivity contribution in [3.05, 3.63) is 94.9 Å². The van der Waals surface area contributed by atoms with E-state index >= 15 is 0 Å². The van der Waals surface area contributed by atoms with Crippen LogP contribution in [0.25, 0.3) is 28.0 Å². The van der Waals surface area contributed by atoms with E-state index in [0.29, 0.717) is 5.82 Å². The van der Waals surface area contributed by atoms with Crippen LogP contribution in [0.15, 0.2) is 84.4 Å². The van der Waals surface area contributed by atoms with Gasteiger partial charge in [-0.3, -0.25) is 19.7 Å². The molecule has 0 atom stereocenters. The first-order valence-corrected chi connectivity index (χ1v) is 11.0. The summed E-state index contributed by atoms with van der Waals surface area (Å²) in [7, 11) is 0. The highest BCUT2D eigenvalue weighted by molar-refractivity contribution is 7.99. The summed E-state index contributed by atoms with van der Waals surface area (Å²) in [5, 5.41) is 21.8. The van der Waals surface area contributed by atoms with Crippen molar-refractivity contribution in [1.82, 2.24) is 24.7 Å². The van der Waals surface area contributed by atoms with Gasteiger partial charge in [-0.05, 0) is 42.3 Å². The Balaban J connectivity index is 1.45. The number of para-hydroxylation sites is 1. The summed E-state index contributed by atoms with van der Waals surface area (Å²) in [6.07, 6.45) is 6.32. The van der Waals surface area contributed by atoms with E-state index in [4.69, 9.17) is 0 Å². The zero-order chi connectivity index (χ0) is 21.9. The number of aryl methyl sites for hydroxylation is 1. The number of hydrogen-bond acceptors (Lipinski definition) is 6. The van der Waals surface area contributed by atoms with Gasteiger partial charge in [0.05, 0.1) is 10.6 Å². The van der Waals surface area contributed by atoms with Crippen molar-refractivity contribution in [3.8, 4) is 17.1 Å². The maximum absolute atomic E-state index is 11.1. The normalized spacial score (nSPS) is 11.1. The van der Waals surface area contributed by atoms with Crippen LogP contribution in [0.5, 0.6) is 0 Å². The molecule has 0 aliphatic rings. The minimum atomic E-state index is -0.406. The first kappa shape index (κ1) is 20.0. The van der Waals surface area contributed by atoms with Gasteiger partial charge in [-0.1, -0.05) is 30.0 Å². The number of non-ortho nitro benzene ring substituents is 1. The van der Waals surface area contributed by atoms with Gasteiger partial charge in [-0.15, -0.1) is 10.2 Å². The Hall–Kier alpha value is -3.98. The molecule has 0 saturated carbocycles. The molecule has 158 valence electrons. The molecule has 0 unspecified atom stereocenters. The number of nitrogens with one attached hydrogen (secondary N) is 1. The molecule has 8 nitrogen and oxygen atoms in total. The highest BCUT2D eigenvalue weighted by atomic mass is 32.2. The second-order valence-electron chi connectivity index (χ2n) is 7.11. The Morgan fingerprint density at radius 3 is 2.56 bits per heavy atom. The standard InChI is InChI=1S/C23H18N6O2S/c30-29(31)19-7-5-18(6-8-19)28-22(16-9-12-24-13-10-16)26-27-23(28)32-14-11-17-15-25-21-4-2-1-3-20(17)21/h1-10,12-13,15,25H,11,14H2. The van der Waals surface area contributed by atoms with Crippen molar-refractivity contribution in [2.45, 2.75) is 11.6 Å². The lowest BCUT2D eigenvalue weighted by atomic mass is 10.1. The van der Waals surface area contributed by atoms with Crippen LogP contribution in [-0.4, -0.2) is 35.4 Å². The molecule has 3 aromatic heterocycles. The van der Waals surface area contributed by atoms with Gasteiger partial charge in [0.25, 0.3) is 5.69 Å². The van der Waals surface area contributed by atoms with Crippen LogP contribution < -0.4 is 0 Å². The van der Waals surface area contributed by atoms with Crippen LogP contribution in [0.1, 0.15) is 5.56 Å². The molecule has 3 heterocycles. The minimum absolute atomic E-state index is 0.0424. The molecular formula is C23H18N6O2S. The molecule has 0 saturated heterocycles. The highest BCUT2D eigenvalue weighted by Crippen LogP contribution is 2.29. The van der Waals surface area contributed by atoms with Gasteiger partial charge in [0, 0.05) is 52.9 Å². The van der Waals surface area contributed by atoms with E-state index in [9.17, 15) is 10.1 Å². The van der Waals surface area contributed by atoms with E-state index in [1.165, 1.54) is 23.1 Å². The molecule has 5 rings (SSSR count). The van der Waals surface area contributed by atoms with Gasteiger partial charge in [0.15, 0.2) is 11.0 Å². The fourth-order valence-corrected chi connectivity index (χ4v) is 4.52. The maximum atomic E-state index is 11.1. The first-order valence-electron chi connectivity index (χ1n) is 9.99. The number of benzene rings is 2. The predicted octanol–water partition coefficient (Wildman–Crippen LogP) is 5.05. The van der Waals surface area contributed by atoms with Crippen LogP contribution >= 0.6 is 11.8 Å². The van der Waals surface area contributed by atoms with E-state index in [-0.39, 0.29) is 5.69 Å². The topological polar surface area (TPSA) is 103 Å². The maximum Gasteiger partial charge on any atom is 0.269 e. The summed E-state index contributed by atoms with van der Waals surface area (Å²) in [6, 6.07) is 18.4. The molecule has 0 aliphatic heterocycles. The number of nitrogens with zero attached hydrogens (tertiary/aromatic N) is 5. The minimum Gasteiger partial charge on any atom is -0.361 e. The number of pyridine rings is 1. The SMILES string of the molecule is O=[N+]([O-])c1ccc(-n2c(SCCc3c[nH]c4ccccc34)nnc2-c2ccncc2)cc1. The van der Waals surface area contributed by atoms with E-state index < -0.39 is 4.92 Å². The Bertz CT molecular complexity index is 1380. The van der Waals surface area contributed by atoms with Crippen molar-refractivity contribution in [2.75, 3.05) is 5.75 Å². The Labute approximate surface area is 187 Å². The summed E-state index contributed by atoms with van der Waals surface area (Å²) in [4.78, 5) is 18.0. The van der Waals surface area contributed by atoms with Gasteiger partial charge in [-0.2, -0.15) is 0 Å². The monoisotopic (exact) mass is 442 g/mol. The Morgan fingerprint density at radius 2 is 1.78 bits per heavy atom. The van der Waals surface area contributed by atoms with Crippen molar-refractivity contribution in [2.24, 2.45) is 0 Å². The van der Waals surface area contributed by atoms with Crippen molar-refractivity contribution in [3.63, 3.8) is 0 Å². The predicted molar refractivity (Wildman–Crippen MR) is 124 cm³/mol. The third-order valence-electron chi connectivity index (χ3n) is 5.17. The smallest absolute Gasteiger partial charge is 0.269 e. The fourth-order valence-electron chi connectivity index (χ4n) is 3.60. The second kappa shape index (κ2) is 8.64. The quantitative estimate of drug-likeness (QED) is 0.215. The molecule has 0 radical (unpaired) electrons. The second-order valence-corrected chi connectivity index (χ2v) is 8.17. The van der Waals surface area contributed by atoms with Gasteiger partial charge in [0.2, 0.25) is 0 Å². The highest BCUT2D eigenvalue weighted by Gasteiger charge is 2.17. The summed E-state index contributed by atoms with van der Waals surface area (Å²) in [6.45, 7) is 0.